The Kier molecular flexibility index (Phi) is 8.99. The summed E-state index contributed by atoms with van der Waals surface area (Å²) in [6.07, 6.45) is 1.72. The molecule has 2 N–H and O–H groups in total. The van der Waals surface area contributed by atoms with Gasteiger partial charge in [0.15, 0.2) is 11.6 Å². The third-order valence-electron chi connectivity index (χ3n) is 6.51. The first kappa shape index (κ1) is 28.9. The molecule has 0 fully saturated rings. The van der Waals surface area contributed by atoms with E-state index in [0.29, 0.717) is 5.82 Å². The van der Waals surface area contributed by atoms with Crippen molar-refractivity contribution >= 4 is 5.91 Å². The molecule has 0 spiro atoms. The number of aromatic nitrogens is 4. The molecule has 1 amide bonds. The molecule has 2 atom stereocenters. The van der Waals surface area contributed by atoms with E-state index in [-0.39, 0.29) is 42.5 Å². The van der Waals surface area contributed by atoms with Gasteiger partial charge in [-0.25, -0.2) is 22.8 Å². The van der Waals surface area contributed by atoms with Crippen molar-refractivity contribution in [2.75, 3.05) is 13.2 Å². The van der Waals surface area contributed by atoms with E-state index in [4.69, 9.17) is 10.7 Å². The Morgan fingerprint density at radius 3 is 2.42 bits per heavy atom. The summed E-state index contributed by atoms with van der Waals surface area (Å²) in [4.78, 5) is 24.4. The maximum atomic E-state index is 14.8. The Balaban J connectivity index is 1.90. The largest absolute Gasteiger partial charge is 0.326 e. The summed E-state index contributed by atoms with van der Waals surface area (Å²) in [5, 5.41) is 4.60. The maximum Gasteiger partial charge on any atom is 0.273 e. The highest BCUT2D eigenvalue weighted by Crippen LogP contribution is 2.39. The molecule has 0 radical (unpaired) electrons. The van der Waals surface area contributed by atoms with Crippen LogP contribution in [0.4, 0.5) is 13.2 Å². The molecule has 210 valence electrons. The fourth-order valence-electron chi connectivity index (χ4n) is 4.57. The number of alkyl halides is 1. The summed E-state index contributed by atoms with van der Waals surface area (Å²) in [7, 11) is 0. The van der Waals surface area contributed by atoms with Crippen LogP contribution < -0.4 is 5.73 Å². The van der Waals surface area contributed by atoms with Gasteiger partial charge in [0.1, 0.15) is 24.0 Å². The molecule has 0 saturated heterocycles. The predicted octanol–water partition coefficient (Wildman–Crippen LogP) is 5.58. The molecule has 4 aromatic rings. The van der Waals surface area contributed by atoms with E-state index in [0.717, 1.165) is 23.8 Å². The van der Waals surface area contributed by atoms with Crippen molar-refractivity contribution in [3.05, 3.63) is 102 Å². The normalized spacial score (nSPS) is 13.2. The first-order chi connectivity index (χ1) is 19.1. The van der Waals surface area contributed by atoms with Gasteiger partial charge in [-0.05, 0) is 47.7 Å². The first-order valence-corrected chi connectivity index (χ1v) is 13.1. The van der Waals surface area contributed by atoms with E-state index in [2.05, 4.69) is 10.1 Å². The van der Waals surface area contributed by atoms with Gasteiger partial charge < -0.3 is 10.6 Å². The summed E-state index contributed by atoms with van der Waals surface area (Å²) < 4.78 is 43.9. The minimum atomic E-state index is -0.765. The van der Waals surface area contributed by atoms with Crippen LogP contribution in [0, 0.1) is 17.0 Å². The number of rotatable bonds is 10. The molecule has 0 aliphatic rings. The number of halogens is 3. The lowest BCUT2D eigenvalue weighted by Crippen LogP contribution is -2.45. The highest BCUT2D eigenvalue weighted by atomic mass is 19.1. The second-order valence-corrected chi connectivity index (χ2v) is 10.7. The van der Waals surface area contributed by atoms with Crippen molar-refractivity contribution in [3.63, 3.8) is 0 Å². The number of nitrogens with two attached hydrogens (primary N) is 1. The van der Waals surface area contributed by atoms with Crippen molar-refractivity contribution in [2.45, 2.75) is 45.8 Å². The topological polar surface area (TPSA) is 89.9 Å². The number of pyridine rings is 1. The van der Waals surface area contributed by atoms with Crippen LogP contribution in [0.2, 0.25) is 0 Å². The lowest BCUT2D eigenvalue weighted by atomic mass is 9.84. The molecule has 40 heavy (non-hydrogen) atoms. The van der Waals surface area contributed by atoms with Gasteiger partial charge in [-0.15, -0.1) is 0 Å². The fraction of sp³-hybridized carbons (Fsp3) is 0.333. The summed E-state index contributed by atoms with van der Waals surface area (Å²) in [6, 6.07) is 16.1. The average molecular weight is 551 g/mol. The van der Waals surface area contributed by atoms with Crippen molar-refractivity contribution < 1.29 is 18.0 Å². The molecule has 1 unspecified atom stereocenters. The van der Waals surface area contributed by atoms with E-state index in [1.807, 2.05) is 51.1 Å². The maximum absolute atomic E-state index is 14.8. The Bertz CT molecular complexity index is 1420. The van der Waals surface area contributed by atoms with Gasteiger partial charge in [-0.3, -0.25) is 9.78 Å². The quantitative estimate of drug-likeness (QED) is 0.278. The van der Waals surface area contributed by atoms with Crippen molar-refractivity contribution in [3.8, 4) is 11.4 Å². The molecule has 0 aliphatic carbocycles. The van der Waals surface area contributed by atoms with Crippen LogP contribution in [-0.2, 0) is 6.54 Å². The molecule has 4 rings (SSSR count). The van der Waals surface area contributed by atoms with E-state index < -0.39 is 35.8 Å². The lowest BCUT2D eigenvalue weighted by Gasteiger charge is -2.39. The van der Waals surface area contributed by atoms with Crippen molar-refractivity contribution in [1.82, 2.24) is 24.6 Å². The van der Waals surface area contributed by atoms with Crippen LogP contribution in [0.5, 0.6) is 0 Å². The highest BCUT2D eigenvalue weighted by Gasteiger charge is 2.39. The predicted molar refractivity (Wildman–Crippen MR) is 147 cm³/mol. The number of benzene rings is 2. The molecular formula is C30H33F3N6O. The molecule has 2 heterocycles. The number of hydrogen-bond donors (Lipinski definition) is 1. The Hall–Kier alpha value is -4.05. The van der Waals surface area contributed by atoms with Crippen LogP contribution in [0.3, 0.4) is 0 Å². The zero-order valence-corrected chi connectivity index (χ0v) is 22.8. The number of hydrogen-bond acceptors (Lipinski definition) is 5. The SMILES string of the molecule is CC(C)(C)C(c1nc(-c2cc(F)ccc2F)nn1Cc1ccccc1)N(CC[C@H](N)CF)C(=O)c1ccccn1. The molecule has 0 aliphatic heterocycles. The number of carbonyl (C=O) groups excluding carboxylic acids is 1. The second-order valence-electron chi connectivity index (χ2n) is 10.7. The number of nitrogens with zero attached hydrogens (tertiary/aromatic N) is 5. The summed E-state index contributed by atoms with van der Waals surface area (Å²) >= 11 is 0. The molecule has 7 nitrogen and oxygen atoms in total. The molecular weight excluding hydrogens is 517 g/mol. The van der Waals surface area contributed by atoms with Gasteiger partial charge in [0.2, 0.25) is 0 Å². The minimum absolute atomic E-state index is 0.0112. The van der Waals surface area contributed by atoms with Crippen LogP contribution in [-0.4, -0.2) is 49.8 Å². The second kappa shape index (κ2) is 12.4. The summed E-state index contributed by atoms with van der Waals surface area (Å²) in [5.41, 5.74) is 6.30. The fourth-order valence-corrected chi connectivity index (χ4v) is 4.57. The minimum Gasteiger partial charge on any atom is -0.326 e. The summed E-state index contributed by atoms with van der Waals surface area (Å²) in [5.74, 6) is -1.33. The first-order valence-electron chi connectivity index (χ1n) is 13.1. The van der Waals surface area contributed by atoms with E-state index >= 15 is 0 Å². The monoisotopic (exact) mass is 550 g/mol. The zero-order chi connectivity index (χ0) is 28.9. The van der Waals surface area contributed by atoms with Gasteiger partial charge in [0, 0.05) is 18.8 Å². The zero-order valence-electron chi connectivity index (χ0n) is 22.8. The third kappa shape index (κ3) is 6.74. The Labute approximate surface area is 231 Å². The van der Waals surface area contributed by atoms with E-state index in [1.165, 1.54) is 6.20 Å². The van der Waals surface area contributed by atoms with Crippen LogP contribution in [0.25, 0.3) is 11.4 Å². The van der Waals surface area contributed by atoms with Gasteiger partial charge in [-0.2, -0.15) is 5.10 Å². The molecule has 0 saturated carbocycles. The van der Waals surface area contributed by atoms with E-state index in [1.54, 1.807) is 27.8 Å². The molecule has 10 heteroatoms. The third-order valence-corrected chi connectivity index (χ3v) is 6.51. The van der Waals surface area contributed by atoms with Gasteiger partial charge >= 0.3 is 0 Å². The Morgan fingerprint density at radius 2 is 1.77 bits per heavy atom. The summed E-state index contributed by atoms with van der Waals surface area (Å²) in [6.45, 7) is 5.46. The van der Waals surface area contributed by atoms with Gasteiger partial charge in [-0.1, -0.05) is 57.2 Å². The molecule has 0 bridgehead atoms. The average Bonchev–Trinajstić information content (AvgIpc) is 3.34. The Morgan fingerprint density at radius 1 is 1.05 bits per heavy atom. The number of carbonyl (C=O) groups is 1. The van der Waals surface area contributed by atoms with E-state index in [9.17, 15) is 18.0 Å². The van der Waals surface area contributed by atoms with Gasteiger partial charge in [0.25, 0.3) is 5.91 Å². The molecule has 2 aromatic carbocycles. The lowest BCUT2D eigenvalue weighted by molar-refractivity contribution is 0.0463. The van der Waals surface area contributed by atoms with Crippen molar-refractivity contribution in [2.24, 2.45) is 11.1 Å². The highest BCUT2D eigenvalue weighted by molar-refractivity contribution is 5.92. The van der Waals surface area contributed by atoms with Crippen LogP contribution in [0.15, 0.2) is 72.9 Å². The van der Waals surface area contributed by atoms with Crippen LogP contribution in [0.1, 0.15) is 55.1 Å². The molecule has 2 aromatic heterocycles. The number of amides is 1. The van der Waals surface area contributed by atoms with Gasteiger partial charge in [0.05, 0.1) is 18.2 Å². The van der Waals surface area contributed by atoms with Crippen molar-refractivity contribution in [1.29, 1.82) is 0 Å². The smallest absolute Gasteiger partial charge is 0.273 e. The van der Waals surface area contributed by atoms with Crippen LogP contribution >= 0.6 is 0 Å². The standard InChI is InChI=1S/C30H33F3N6O/c1-30(2,3)26(38(16-14-22(34)18-31)29(40)25-11-7-8-15-35-25)28-36-27(23-17-21(32)12-13-24(23)33)37-39(28)19-20-9-5-4-6-10-20/h4-13,15,17,22,26H,14,16,18-19,34H2,1-3H3/t22-,26?/m0/s1.